The number of hydrogen-bond donors (Lipinski definition) is 2. The van der Waals surface area contributed by atoms with Gasteiger partial charge in [0.05, 0.1) is 5.56 Å². The van der Waals surface area contributed by atoms with E-state index in [1.165, 1.54) is 0 Å². The Morgan fingerprint density at radius 1 is 1.57 bits per heavy atom. The van der Waals surface area contributed by atoms with E-state index in [2.05, 4.69) is 4.98 Å². The van der Waals surface area contributed by atoms with Crippen molar-refractivity contribution in [3.05, 3.63) is 29.1 Å². The first-order chi connectivity index (χ1) is 6.57. The molecule has 1 aromatic rings. The molecule has 0 fully saturated rings. The maximum absolute atomic E-state index is 12.5. The molecule has 0 amide bonds. The van der Waals surface area contributed by atoms with Crippen LogP contribution in [-0.4, -0.2) is 16.1 Å². The Kier molecular flexibility index (Phi) is 3.08. The number of aromatic carboxylic acids is 1. The average Bonchev–Trinajstić information content (AvgIpc) is 2.16. The summed E-state index contributed by atoms with van der Waals surface area (Å²) in [5, 5.41) is 8.62. The van der Waals surface area contributed by atoms with Gasteiger partial charge >= 0.3 is 5.97 Å². The molecule has 4 nitrogen and oxygen atoms in total. The number of alkyl halides is 2. The molecule has 0 saturated heterocycles. The van der Waals surface area contributed by atoms with Gasteiger partial charge in [-0.2, -0.15) is 0 Å². The van der Waals surface area contributed by atoms with E-state index in [9.17, 15) is 13.6 Å². The van der Waals surface area contributed by atoms with Gasteiger partial charge in [-0.05, 0) is 5.56 Å². The average molecular weight is 202 g/mol. The van der Waals surface area contributed by atoms with Crippen LogP contribution in [0.1, 0.15) is 27.9 Å². The van der Waals surface area contributed by atoms with Crippen molar-refractivity contribution >= 4 is 5.97 Å². The first-order valence-electron chi connectivity index (χ1n) is 3.76. The van der Waals surface area contributed by atoms with E-state index in [0.717, 1.165) is 12.4 Å². The smallest absolute Gasteiger partial charge is 0.337 e. The summed E-state index contributed by atoms with van der Waals surface area (Å²) < 4.78 is 25.0. The van der Waals surface area contributed by atoms with Gasteiger partial charge in [0, 0.05) is 24.5 Å². The first kappa shape index (κ1) is 10.5. The number of carbonyl (C=O) groups is 1. The number of carboxylic acids is 1. The third kappa shape index (κ3) is 1.85. The van der Waals surface area contributed by atoms with Crippen molar-refractivity contribution in [2.24, 2.45) is 5.73 Å². The van der Waals surface area contributed by atoms with Crippen molar-refractivity contribution in [3.8, 4) is 0 Å². The van der Waals surface area contributed by atoms with Crippen LogP contribution in [-0.2, 0) is 6.54 Å². The Balaban J connectivity index is 3.35. The predicted molar refractivity (Wildman–Crippen MR) is 44.0 cm³/mol. The van der Waals surface area contributed by atoms with Crippen LogP contribution >= 0.6 is 0 Å². The number of rotatable bonds is 3. The summed E-state index contributed by atoms with van der Waals surface area (Å²) in [5.41, 5.74) is 4.20. The zero-order valence-corrected chi connectivity index (χ0v) is 7.08. The molecule has 0 bridgehead atoms. The molecule has 1 rings (SSSR count). The lowest BCUT2D eigenvalue weighted by Crippen LogP contribution is -2.10. The Hall–Kier alpha value is -1.56. The minimum Gasteiger partial charge on any atom is -0.478 e. The van der Waals surface area contributed by atoms with Crippen molar-refractivity contribution < 1.29 is 18.7 Å². The second-order valence-corrected chi connectivity index (χ2v) is 2.57. The number of nitrogens with zero attached hydrogens (tertiary/aromatic N) is 1. The standard InChI is InChI=1S/C8H8F2N2O2/c9-7(10)6-4(1-11)2-12-3-5(6)8(13)14/h2-3,7H,1,11H2,(H,13,14). The van der Waals surface area contributed by atoms with Crippen LogP contribution in [0.5, 0.6) is 0 Å². The highest BCUT2D eigenvalue weighted by Crippen LogP contribution is 2.25. The number of pyridine rings is 1. The quantitative estimate of drug-likeness (QED) is 0.771. The van der Waals surface area contributed by atoms with E-state index >= 15 is 0 Å². The lowest BCUT2D eigenvalue weighted by atomic mass is 10.1. The molecule has 0 aromatic carbocycles. The summed E-state index contributed by atoms with van der Waals surface area (Å²) in [6.45, 7) is -0.159. The Bertz CT molecular complexity index is 355. The lowest BCUT2D eigenvalue weighted by molar-refractivity contribution is 0.0683. The molecule has 3 N–H and O–H groups in total. The van der Waals surface area contributed by atoms with Gasteiger partial charge in [0.25, 0.3) is 6.43 Å². The molecular formula is C8H8F2N2O2. The molecule has 0 saturated carbocycles. The number of hydrogen-bond acceptors (Lipinski definition) is 3. The summed E-state index contributed by atoms with van der Waals surface area (Å²) in [7, 11) is 0. The Labute approximate surface area is 78.4 Å². The fourth-order valence-electron chi connectivity index (χ4n) is 1.10. The van der Waals surface area contributed by atoms with Crippen molar-refractivity contribution in [1.82, 2.24) is 4.98 Å². The molecule has 14 heavy (non-hydrogen) atoms. The molecule has 0 aliphatic rings. The highest BCUT2D eigenvalue weighted by molar-refractivity contribution is 5.89. The summed E-state index contributed by atoms with van der Waals surface area (Å²) in [6.07, 6.45) is -0.820. The number of aromatic nitrogens is 1. The summed E-state index contributed by atoms with van der Waals surface area (Å²) in [5.74, 6) is -1.43. The molecule has 0 spiro atoms. The molecule has 0 aliphatic carbocycles. The van der Waals surface area contributed by atoms with E-state index < -0.39 is 23.5 Å². The van der Waals surface area contributed by atoms with Crippen LogP contribution < -0.4 is 5.73 Å². The van der Waals surface area contributed by atoms with Crippen LogP contribution in [0.4, 0.5) is 8.78 Å². The molecule has 1 aromatic heterocycles. The van der Waals surface area contributed by atoms with Gasteiger partial charge in [-0.25, -0.2) is 13.6 Å². The van der Waals surface area contributed by atoms with E-state index in [1.54, 1.807) is 0 Å². The van der Waals surface area contributed by atoms with Crippen LogP contribution in [0.3, 0.4) is 0 Å². The normalized spacial score (nSPS) is 10.6. The maximum Gasteiger partial charge on any atom is 0.337 e. The van der Waals surface area contributed by atoms with Crippen LogP contribution in [0, 0.1) is 0 Å². The van der Waals surface area contributed by atoms with Crippen molar-refractivity contribution in [2.75, 3.05) is 0 Å². The third-order valence-corrected chi connectivity index (χ3v) is 1.74. The molecule has 76 valence electrons. The topological polar surface area (TPSA) is 76.2 Å². The van der Waals surface area contributed by atoms with Crippen molar-refractivity contribution in [3.63, 3.8) is 0 Å². The zero-order chi connectivity index (χ0) is 10.7. The highest BCUT2D eigenvalue weighted by atomic mass is 19.3. The van der Waals surface area contributed by atoms with Crippen LogP contribution in [0.25, 0.3) is 0 Å². The highest BCUT2D eigenvalue weighted by Gasteiger charge is 2.21. The maximum atomic E-state index is 12.5. The fraction of sp³-hybridized carbons (Fsp3) is 0.250. The third-order valence-electron chi connectivity index (χ3n) is 1.74. The van der Waals surface area contributed by atoms with Gasteiger partial charge in [0.15, 0.2) is 0 Å². The Morgan fingerprint density at radius 3 is 2.64 bits per heavy atom. The van der Waals surface area contributed by atoms with E-state index in [0.29, 0.717) is 0 Å². The number of carboxylic acid groups (broad SMARTS) is 1. The summed E-state index contributed by atoms with van der Waals surface area (Å²) in [6, 6.07) is 0. The van der Waals surface area contributed by atoms with Crippen LogP contribution in [0.2, 0.25) is 0 Å². The van der Waals surface area contributed by atoms with E-state index in [-0.39, 0.29) is 12.1 Å². The molecular weight excluding hydrogens is 194 g/mol. The largest absolute Gasteiger partial charge is 0.478 e. The van der Waals surface area contributed by atoms with Gasteiger partial charge < -0.3 is 10.8 Å². The lowest BCUT2D eigenvalue weighted by Gasteiger charge is -2.08. The van der Waals surface area contributed by atoms with Gasteiger partial charge in [0.1, 0.15) is 0 Å². The number of halogens is 2. The molecule has 0 unspecified atom stereocenters. The fourth-order valence-corrected chi connectivity index (χ4v) is 1.10. The van der Waals surface area contributed by atoms with Gasteiger partial charge in [0.2, 0.25) is 0 Å². The van der Waals surface area contributed by atoms with Gasteiger partial charge in [-0.3, -0.25) is 4.98 Å². The molecule has 1 heterocycles. The first-order valence-corrected chi connectivity index (χ1v) is 3.76. The molecule has 0 atom stereocenters. The van der Waals surface area contributed by atoms with Crippen LogP contribution in [0.15, 0.2) is 12.4 Å². The molecule has 6 heteroatoms. The SMILES string of the molecule is NCc1cncc(C(=O)O)c1C(F)F. The minimum absolute atomic E-state index is 0.0555. The number of nitrogens with two attached hydrogens (primary N) is 1. The summed E-state index contributed by atoms with van der Waals surface area (Å²) >= 11 is 0. The van der Waals surface area contributed by atoms with Gasteiger partial charge in [-0.15, -0.1) is 0 Å². The van der Waals surface area contributed by atoms with E-state index in [4.69, 9.17) is 10.8 Å². The summed E-state index contributed by atoms with van der Waals surface area (Å²) in [4.78, 5) is 14.1. The van der Waals surface area contributed by atoms with Crippen molar-refractivity contribution in [1.29, 1.82) is 0 Å². The second-order valence-electron chi connectivity index (χ2n) is 2.57. The Morgan fingerprint density at radius 2 is 2.21 bits per heavy atom. The van der Waals surface area contributed by atoms with E-state index in [1.807, 2.05) is 0 Å². The van der Waals surface area contributed by atoms with Crippen molar-refractivity contribution in [2.45, 2.75) is 13.0 Å². The monoisotopic (exact) mass is 202 g/mol. The molecule has 0 radical (unpaired) electrons. The minimum atomic E-state index is -2.86. The molecule has 0 aliphatic heterocycles. The zero-order valence-electron chi connectivity index (χ0n) is 7.08. The predicted octanol–water partition coefficient (Wildman–Crippen LogP) is 1.18. The van der Waals surface area contributed by atoms with Gasteiger partial charge in [-0.1, -0.05) is 0 Å². The second kappa shape index (κ2) is 4.10.